The van der Waals surface area contributed by atoms with Crippen molar-refractivity contribution in [2.45, 2.75) is 0 Å². The van der Waals surface area contributed by atoms with E-state index in [-0.39, 0.29) is 0 Å². The van der Waals surface area contributed by atoms with E-state index in [9.17, 15) is 0 Å². The fourth-order valence-electron chi connectivity index (χ4n) is 7.59. The molecule has 2 heterocycles. The molecule has 4 nitrogen and oxygen atoms in total. The van der Waals surface area contributed by atoms with E-state index in [0.29, 0.717) is 17.5 Å². The smallest absolute Gasteiger partial charge is 0.164 e. The van der Waals surface area contributed by atoms with Crippen LogP contribution in [0.15, 0.2) is 206 Å². The zero-order valence-electron chi connectivity index (χ0n) is 29.9. The number of aromatic nitrogens is 4. The third-order valence-electron chi connectivity index (χ3n) is 10.3. The summed E-state index contributed by atoms with van der Waals surface area (Å²) in [5.41, 5.74) is 13.2. The van der Waals surface area contributed by atoms with Gasteiger partial charge < -0.3 is 4.57 Å². The van der Waals surface area contributed by atoms with Gasteiger partial charge in [-0.25, -0.2) is 15.0 Å². The Morgan fingerprint density at radius 1 is 0.291 bits per heavy atom. The predicted molar refractivity (Wildman–Crippen MR) is 227 cm³/mol. The topological polar surface area (TPSA) is 43.6 Å². The van der Waals surface area contributed by atoms with Crippen molar-refractivity contribution in [3.8, 4) is 73.2 Å². The third kappa shape index (κ3) is 6.06. The van der Waals surface area contributed by atoms with E-state index in [1.807, 2.05) is 12.1 Å². The van der Waals surface area contributed by atoms with Crippen LogP contribution >= 0.6 is 0 Å². The van der Waals surface area contributed by atoms with Gasteiger partial charge in [0.1, 0.15) is 0 Å². The van der Waals surface area contributed by atoms with E-state index in [4.69, 9.17) is 15.0 Å². The van der Waals surface area contributed by atoms with E-state index in [1.165, 1.54) is 27.4 Å². The Balaban J connectivity index is 1.11. The van der Waals surface area contributed by atoms with E-state index in [0.717, 1.165) is 50.1 Å². The molecule has 0 radical (unpaired) electrons. The highest BCUT2D eigenvalue weighted by atomic mass is 15.0. The third-order valence-corrected chi connectivity index (χ3v) is 10.3. The van der Waals surface area contributed by atoms with Crippen LogP contribution in [0.5, 0.6) is 0 Å². The molecule has 55 heavy (non-hydrogen) atoms. The second kappa shape index (κ2) is 13.8. The van der Waals surface area contributed by atoms with Gasteiger partial charge in [-0.2, -0.15) is 0 Å². The highest BCUT2D eigenvalue weighted by Crippen LogP contribution is 2.39. The highest BCUT2D eigenvalue weighted by molar-refractivity contribution is 6.15. The summed E-state index contributed by atoms with van der Waals surface area (Å²) >= 11 is 0. The van der Waals surface area contributed by atoms with Gasteiger partial charge in [0, 0.05) is 33.2 Å². The fourth-order valence-corrected chi connectivity index (χ4v) is 7.59. The van der Waals surface area contributed by atoms with Gasteiger partial charge in [-0.05, 0) is 63.7 Å². The molecular weight excluding hydrogens is 669 g/mol. The maximum absolute atomic E-state index is 5.13. The van der Waals surface area contributed by atoms with Crippen molar-refractivity contribution >= 4 is 21.8 Å². The number of hydrogen-bond donors (Lipinski definition) is 0. The molecule has 0 saturated carbocycles. The van der Waals surface area contributed by atoms with Crippen molar-refractivity contribution in [1.82, 2.24) is 19.5 Å². The van der Waals surface area contributed by atoms with Gasteiger partial charge in [0.25, 0.3) is 0 Å². The number of hydrogen-bond acceptors (Lipinski definition) is 3. The van der Waals surface area contributed by atoms with Gasteiger partial charge in [-0.3, -0.25) is 0 Å². The van der Waals surface area contributed by atoms with Gasteiger partial charge in [0.15, 0.2) is 17.5 Å². The monoisotopic (exact) mass is 702 g/mol. The Hall–Kier alpha value is -7.43. The SMILES string of the molecule is c1ccc(-c2ccc(-c3nc(-c4ccc(-c5ccccc5)cc4)nc(-c4cccc(-c5cccc6c5c5ccccc5n6-c5ccccc5)c4)n3)cc2)cc1. The molecule has 0 atom stereocenters. The fraction of sp³-hybridized carbons (Fsp3) is 0. The first kappa shape index (κ1) is 32.2. The van der Waals surface area contributed by atoms with Crippen LogP contribution in [0.1, 0.15) is 0 Å². The highest BCUT2D eigenvalue weighted by Gasteiger charge is 2.18. The number of benzene rings is 8. The van der Waals surface area contributed by atoms with Gasteiger partial charge in [0.2, 0.25) is 0 Å². The second-order valence-electron chi connectivity index (χ2n) is 13.7. The molecule has 10 aromatic rings. The van der Waals surface area contributed by atoms with Crippen molar-refractivity contribution in [2.24, 2.45) is 0 Å². The van der Waals surface area contributed by atoms with Crippen LogP contribution in [0.25, 0.3) is 95.0 Å². The van der Waals surface area contributed by atoms with Crippen LogP contribution in [0.3, 0.4) is 0 Å². The first-order valence-electron chi connectivity index (χ1n) is 18.5. The summed E-state index contributed by atoms with van der Waals surface area (Å²) in [5.74, 6) is 1.88. The summed E-state index contributed by atoms with van der Waals surface area (Å²) in [6.07, 6.45) is 0. The Labute approximate surface area is 319 Å². The van der Waals surface area contributed by atoms with Gasteiger partial charge in [-0.15, -0.1) is 0 Å². The summed E-state index contributed by atoms with van der Waals surface area (Å²) in [5, 5.41) is 2.43. The molecule has 0 amide bonds. The lowest BCUT2D eigenvalue weighted by atomic mass is 9.97. The van der Waals surface area contributed by atoms with E-state index in [2.05, 4.69) is 199 Å². The van der Waals surface area contributed by atoms with Crippen LogP contribution in [0.4, 0.5) is 0 Å². The van der Waals surface area contributed by atoms with Crippen LogP contribution in [0, 0.1) is 0 Å². The van der Waals surface area contributed by atoms with Crippen LogP contribution in [-0.2, 0) is 0 Å². The van der Waals surface area contributed by atoms with Crippen LogP contribution in [-0.4, -0.2) is 19.5 Å². The molecule has 2 aromatic heterocycles. The molecule has 0 bridgehead atoms. The molecule has 4 heteroatoms. The quantitative estimate of drug-likeness (QED) is 0.166. The van der Waals surface area contributed by atoms with Gasteiger partial charge >= 0.3 is 0 Å². The van der Waals surface area contributed by atoms with Gasteiger partial charge in [0.05, 0.1) is 11.0 Å². The van der Waals surface area contributed by atoms with E-state index in [1.54, 1.807) is 0 Å². The first-order chi connectivity index (χ1) is 27.3. The van der Waals surface area contributed by atoms with Crippen LogP contribution < -0.4 is 0 Å². The molecule has 0 spiro atoms. The Morgan fingerprint density at radius 3 is 1.31 bits per heavy atom. The number of para-hydroxylation sites is 2. The number of rotatable bonds is 7. The molecule has 0 aliphatic rings. The minimum absolute atomic E-state index is 0.625. The van der Waals surface area contributed by atoms with E-state index < -0.39 is 0 Å². The standard InChI is InChI=1S/C51H34N4/c1-4-14-35(15-5-1)37-26-30-39(31-27-37)49-52-50(40-32-28-38(29-33-40)36-16-6-2-7-17-36)54-51(53-49)42-19-12-18-41(34-42)44-23-13-25-47-48(44)45-22-10-11-24-46(45)55(47)43-20-8-3-9-21-43/h1-34H. The molecule has 0 aliphatic heterocycles. The molecule has 0 fully saturated rings. The molecule has 0 unspecified atom stereocenters. The number of nitrogens with zero attached hydrogens (tertiary/aromatic N) is 4. The maximum atomic E-state index is 5.13. The Kier molecular flexibility index (Phi) is 8.12. The van der Waals surface area contributed by atoms with E-state index >= 15 is 0 Å². The van der Waals surface area contributed by atoms with Crippen molar-refractivity contribution in [3.05, 3.63) is 206 Å². The average Bonchev–Trinajstić information content (AvgIpc) is 3.62. The normalized spacial score (nSPS) is 11.3. The van der Waals surface area contributed by atoms with Crippen molar-refractivity contribution in [1.29, 1.82) is 0 Å². The van der Waals surface area contributed by atoms with Crippen molar-refractivity contribution in [2.75, 3.05) is 0 Å². The molecule has 0 N–H and O–H groups in total. The summed E-state index contributed by atoms with van der Waals surface area (Å²) in [7, 11) is 0. The minimum Gasteiger partial charge on any atom is -0.309 e. The second-order valence-corrected chi connectivity index (χ2v) is 13.7. The maximum Gasteiger partial charge on any atom is 0.164 e. The first-order valence-corrected chi connectivity index (χ1v) is 18.5. The zero-order valence-corrected chi connectivity index (χ0v) is 29.9. The largest absolute Gasteiger partial charge is 0.309 e. The Bertz CT molecular complexity index is 2830. The van der Waals surface area contributed by atoms with Crippen molar-refractivity contribution in [3.63, 3.8) is 0 Å². The molecule has 0 aliphatic carbocycles. The molecular formula is C51H34N4. The minimum atomic E-state index is 0.625. The molecule has 0 saturated heterocycles. The number of fused-ring (bicyclic) bond motifs is 3. The lowest BCUT2D eigenvalue weighted by Crippen LogP contribution is -2.00. The summed E-state index contributed by atoms with van der Waals surface area (Å²) in [6.45, 7) is 0. The molecule has 8 aromatic carbocycles. The van der Waals surface area contributed by atoms with Crippen LogP contribution in [0.2, 0.25) is 0 Å². The molecule has 10 rings (SSSR count). The lowest BCUT2D eigenvalue weighted by molar-refractivity contribution is 1.07. The summed E-state index contributed by atoms with van der Waals surface area (Å²) in [6, 6.07) is 72.2. The Morgan fingerprint density at radius 2 is 0.709 bits per heavy atom. The zero-order chi connectivity index (χ0) is 36.6. The lowest BCUT2D eigenvalue weighted by Gasteiger charge is -2.11. The van der Waals surface area contributed by atoms with Gasteiger partial charge in [-0.1, -0.05) is 176 Å². The molecule has 258 valence electrons. The summed E-state index contributed by atoms with van der Waals surface area (Å²) in [4.78, 5) is 15.3. The predicted octanol–water partition coefficient (Wildman–Crippen LogP) is 13.0. The average molecular weight is 703 g/mol. The summed E-state index contributed by atoms with van der Waals surface area (Å²) < 4.78 is 2.36. The van der Waals surface area contributed by atoms with Crippen molar-refractivity contribution < 1.29 is 0 Å².